The lowest BCUT2D eigenvalue weighted by molar-refractivity contribution is -0.117. The maximum Gasteiger partial charge on any atom is 0.253 e. The molecule has 0 aliphatic heterocycles. The van der Waals surface area contributed by atoms with Crippen LogP contribution in [0, 0.1) is 11.7 Å². The molecule has 1 aliphatic carbocycles. The molecule has 0 radical (unpaired) electrons. The van der Waals surface area contributed by atoms with E-state index in [1.54, 1.807) is 24.3 Å². The zero-order chi connectivity index (χ0) is 18.0. The van der Waals surface area contributed by atoms with Crippen LogP contribution in [0.1, 0.15) is 28.3 Å². The van der Waals surface area contributed by atoms with Gasteiger partial charge in [0.05, 0.1) is 18.4 Å². The van der Waals surface area contributed by atoms with Gasteiger partial charge >= 0.3 is 0 Å². The van der Waals surface area contributed by atoms with Crippen molar-refractivity contribution in [3.05, 3.63) is 59.4 Å². The molecule has 0 bridgehead atoms. The molecule has 1 aliphatic rings. The summed E-state index contributed by atoms with van der Waals surface area (Å²) < 4.78 is 18.5. The topological polar surface area (TPSA) is 67.4 Å². The third-order valence-corrected chi connectivity index (χ3v) is 4.36. The quantitative estimate of drug-likeness (QED) is 0.878. The fraction of sp³-hybridized carbons (Fsp3) is 0.263. The van der Waals surface area contributed by atoms with E-state index in [0.29, 0.717) is 23.4 Å². The summed E-state index contributed by atoms with van der Waals surface area (Å²) in [6, 6.07) is 11.2. The molecule has 0 heterocycles. The Bertz CT molecular complexity index is 822. The van der Waals surface area contributed by atoms with E-state index in [-0.39, 0.29) is 29.5 Å². The Labute approximate surface area is 145 Å². The van der Waals surface area contributed by atoms with Crippen molar-refractivity contribution >= 4 is 17.5 Å². The number of carbonyl (C=O) groups excluding carboxylic acids is 2. The fourth-order valence-corrected chi connectivity index (χ4v) is 2.90. The largest absolute Gasteiger partial charge is 0.497 e. The number of halogens is 1. The number of ether oxygens (including phenoxy) is 1. The molecule has 2 amide bonds. The van der Waals surface area contributed by atoms with E-state index >= 15 is 0 Å². The molecule has 0 saturated heterocycles. The van der Waals surface area contributed by atoms with Crippen LogP contribution in [0.5, 0.6) is 5.75 Å². The molecular weight excluding hydrogens is 323 g/mol. The SMILES string of the molecule is CNC(=O)c1cc(OC)ccc1NC(=O)[C@H]1C[C@@H]1c1cccc(F)c1. The number of anilines is 1. The second-order valence-corrected chi connectivity index (χ2v) is 5.98. The van der Waals surface area contributed by atoms with Gasteiger partial charge in [-0.3, -0.25) is 9.59 Å². The second kappa shape index (κ2) is 6.93. The van der Waals surface area contributed by atoms with Gasteiger partial charge in [0.15, 0.2) is 0 Å². The van der Waals surface area contributed by atoms with Crippen LogP contribution in [-0.4, -0.2) is 26.0 Å². The molecule has 2 atom stereocenters. The predicted molar refractivity (Wildman–Crippen MR) is 92.3 cm³/mol. The number of methoxy groups -OCH3 is 1. The van der Waals surface area contributed by atoms with Crippen LogP contribution < -0.4 is 15.4 Å². The van der Waals surface area contributed by atoms with Crippen LogP contribution in [-0.2, 0) is 4.79 Å². The minimum absolute atomic E-state index is 0.0115. The summed E-state index contributed by atoms with van der Waals surface area (Å²) in [6.45, 7) is 0. The third-order valence-electron chi connectivity index (χ3n) is 4.36. The van der Waals surface area contributed by atoms with Crippen molar-refractivity contribution in [2.24, 2.45) is 5.92 Å². The molecule has 6 heteroatoms. The minimum Gasteiger partial charge on any atom is -0.497 e. The maximum absolute atomic E-state index is 13.3. The van der Waals surface area contributed by atoms with Crippen LogP contribution in [0.15, 0.2) is 42.5 Å². The lowest BCUT2D eigenvalue weighted by atomic mass is 10.1. The molecule has 2 aromatic rings. The number of hydrogen-bond donors (Lipinski definition) is 2. The van der Waals surface area contributed by atoms with Gasteiger partial charge in [0.1, 0.15) is 11.6 Å². The Morgan fingerprint density at radius 1 is 1.20 bits per heavy atom. The highest BCUT2D eigenvalue weighted by Gasteiger charge is 2.44. The Morgan fingerprint density at radius 2 is 2.00 bits per heavy atom. The highest BCUT2D eigenvalue weighted by Crippen LogP contribution is 2.48. The molecule has 2 aromatic carbocycles. The standard InChI is InChI=1S/C19H19FN2O3/c1-21-18(23)16-9-13(25-2)6-7-17(16)22-19(24)15-10-14(15)11-4-3-5-12(20)8-11/h3-9,14-15H,10H2,1-2H3,(H,21,23)(H,22,24)/t14-,15+/m1/s1. The highest BCUT2D eigenvalue weighted by molar-refractivity contribution is 6.05. The van der Waals surface area contributed by atoms with Crippen molar-refractivity contribution in [3.63, 3.8) is 0 Å². The van der Waals surface area contributed by atoms with Crippen LogP contribution in [0.3, 0.4) is 0 Å². The Morgan fingerprint density at radius 3 is 2.68 bits per heavy atom. The molecule has 1 saturated carbocycles. The van der Waals surface area contributed by atoms with Crippen LogP contribution in [0.25, 0.3) is 0 Å². The van der Waals surface area contributed by atoms with Crippen molar-refractivity contribution < 1.29 is 18.7 Å². The van der Waals surface area contributed by atoms with Gasteiger partial charge < -0.3 is 15.4 Å². The zero-order valence-electron chi connectivity index (χ0n) is 14.0. The molecule has 3 rings (SSSR count). The predicted octanol–water partition coefficient (Wildman–Crippen LogP) is 2.94. The number of benzene rings is 2. The van der Waals surface area contributed by atoms with Crippen molar-refractivity contribution in [3.8, 4) is 5.75 Å². The lowest BCUT2D eigenvalue weighted by Crippen LogP contribution is -2.22. The smallest absolute Gasteiger partial charge is 0.253 e. The Kier molecular flexibility index (Phi) is 4.70. The highest BCUT2D eigenvalue weighted by atomic mass is 19.1. The average Bonchev–Trinajstić information content (AvgIpc) is 3.42. The summed E-state index contributed by atoms with van der Waals surface area (Å²) >= 11 is 0. The van der Waals surface area contributed by atoms with Gasteiger partial charge in [-0.25, -0.2) is 4.39 Å². The normalized spacial score (nSPS) is 18.4. The Hall–Kier alpha value is -2.89. The number of rotatable bonds is 5. The summed E-state index contributed by atoms with van der Waals surface area (Å²) in [7, 11) is 3.03. The van der Waals surface area contributed by atoms with E-state index in [0.717, 1.165) is 5.56 Å². The molecule has 25 heavy (non-hydrogen) atoms. The van der Waals surface area contributed by atoms with Gasteiger partial charge in [-0.15, -0.1) is 0 Å². The van der Waals surface area contributed by atoms with Gasteiger partial charge in [0.25, 0.3) is 5.91 Å². The van der Waals surface area contributed by atoms with E-state index in [1.807, 2.05) is 6.07 Å². The molecular formula is C19H19FN2O3. The number of carbonyl (C=O) groups is 2. The van der Waals surface area contributed by atoms with Crippen molar-refractivity contribution in [2.75, 3.05) is 19.5 Å². The minimum atomic E-state index is -0.313. The summed E-state index contributed by atoms with van der Waals surface area (Å²) in [5.41, 5.74) is 1.58. The summed E-state index contributed by atoms with van der Waals surface area (Å²) in [4.78, 5) is 24.5. The number of nitrogens with one attached hydrogen (secondary N) is 2. The fourth-order valence-electron chi connectivity index (χ4n) is 2.90. The average molecular weight is 342 g/mol. The van der Waals surface area contributed by atoms with E-state index < -0.39 is 0 Å². The lowest BCUT2D eigenvalue weighted by Gasteiger charge is -2.12. The molecule has 5 nitrogen and oxygen atoms in total. The first-order valence-electron chi connectivity index (χ1n) is 8.00. The van der Waals surface area contributed by atoms with Gasteiger partial charge in [-0.1, -0.05) is 12.1 Å². The van der Waals surface area contributed by atoms with Crippen molar-refractivity contribution in [2.45, 2.75) is 12.3 Å². The summed E-state index contributed by atoms with van der Waals surface area (Å²) in [5.74, 6) is -0.476. The van der Waals surface area contributed by atoms with Gasteiger partial charge in [-0.2, -0.15) is 0 Å². The number of amides is 2. The Balaban J connectivity index is 1.75. The molecule has 1 fully saturated rings. The van der Waals surface area contributed by atoms with Crippen LogP contribution in [0.4, 0.5) is 10.1 Å². The summed E-state index contributed by atoms with van der Waals surface area (Å²) in [6.07, 6.45) is 0.667. The van der Waals surface area contributed by atoms with Gasteiger partial charge in [0.2, 0.25) is 5.91 Å². The monoisotopic (exact) mass is 342 g/mol. The van der Waals surface area contributed by atoms with Crippen LogP contribution >= 0.6 is 0 Å². The molecule has 2 N–H and O–H groups in total. The van der Waals surface area contributed by atoms with Crippen molar-refractivity contribution in [1.29, 1.82) is 0 Å². The zero-order valence-corrected chi connectivity index (χ0v) is 14.0. The third kappa shape index (κ3) is 3.63. The molecule has 0 unspecified atom stereocenters. The van der Waals surface area contributed by atoms with E-state index in [1.165, 1.54) is 26.3 Å². The molecule has 0 spiro atoms. The van der Waals surface area contributed by atoms with Crippen LogP contribution in [0.2, 0.25) is 0 Å². The van der Waals surface area contributed by atoms with E-state index in [9.17, 15) is 14.0 Å². The first kappa shape index (κ1) is 17.0. The van der Waals surface area contributed by atoms with E-state index in [4.69, 9.17) is 4.74 Å². The van der Waals surface area contributed by atoms with E-state index in [2.05, 4.69) is 10.6 Å². The van der Waals surface area contributed by atoms with Crippen molar-refractivity contribution in [1.82, 2.24) is 5.32 Å². The number of hydrogen-bond acceptors (Lipinski definition) is 3. The summed E-state index contributed by atoms with van der Waals surface area (Å²) in [5, 5.41) is 5.35. The molecule has 0 aromatic heterocycles. The van der Waals surface area contributed by atoms with Gasteiger partial charge in [-0.05, 0) is 48.2 Å². The first-order chi connectivity index (χ1) is 12.0. The first-order valence-corrected chi connectivity index (χ1v) is 8.00. The molecule has 130 valence electrons. The van der Waals surface area contributed by atoms with Gasteiger partial charge in [0, 0.05) is 13.0 Å². The second-order valence-electron chi connectivity index (χ2n) is 5.98. The maximum atomic E-state index is 13.3.